The van der Waals surface area contributed by atoms with Crippen molar-refractivity contribution in [1.82, 2.24) is 4.98 Å². The Morgan fingerprint density at radius 3 is 1.88 bits per heavy atom. The molecule has 9 aromatic carbocycles. The fourth-order valence-corrected chi connectivity index (χ4v) is 9.79. The molecule has 3 heterocycles. The van der Waals surface area contributed by atoms with Crippen LogP contribution in [0.5, 0.6) is 0 Å². The van der Waals surface area contributed by atoms with Crippen LogP contribution in [0.1, 0.15) is 0 Å². The monoisotopic (exact) mass is 775 g/mol. The fraction of sp³-hybridized carbons (Fsp3) is 0. The zero-order valence-corrected chi connectivity index (χ0v) is 32.4. The second kappa shape index (κ2) is 13.5. The van der Waals surface area contributed by atoms with E-state index < -0.39 is 0 Å². The van der Waals surface area contributed by atoms with Gasteiger partial charge in [0.1, 0.15) is 16.7 Å². The van der Waals surface area contributed by atoms with E-state index in [1.165, 1.54) is 20.2 Å². The number of hydrogen-bond donors (Lipinski definition) is 0. The largest absolute Gasteiger partial charge is 0.456 e. The molecule has 5 nitrogen and oxygen atoms in total. The molecule has 0 saturated carbocycles. The first kappa shape index (κ1) is 33.5. The van der Waals surface area contributed by atoms with Crippen molar-refractivity contribution in [3.05, 3.63) is 200 Å². The fourth-order valence-electron chi connectivity index (χ4n) is 8.58. The summed E-state index contributed by atoms with van der Waals surface area (Å²) in [7, 11) is 0. The van der Waals surface area contributed by atoms with E-state index in [-0.39, 0.29) is 0 Å². The van der Waals surface area contributed by atoms with Crippen molar-refractivity contribution in [2.75, 3.05) is 9.80 Å². The number of rotatable bonds is 7. The lowest BCUT2D eigenvalue weighted by Crippen LogP contribution is -2.14. The van der Waals surface area contributed by atoms with E-state index in [1.54, 1.807) is 0 Å². The average Bonchev–Trinajstić information content (AvgIpc) is 4.02. The maximum Gasteiger partial charge on any atom is 0.227 e. The summed E-state index contributed by atoms with van der Waals surface area (Å²) in [6.07, 6.45) is 0. The number of aromatic nitrogens is 1. The molecule has 278 valence electrons. The summed E-state index contributed by atoms with van der Waals surface area (Å²) in [5.74, 6) is 0.586. The van der Waals surface area contributed by atoms with Crippen LogP contribution in [0.15, 0.2) is 209 Å². The van der Waals surface area contributed by atoms with Gasteiger partial charge in [-0.05, 0) is 96.4 Å². The summed E-state index contributed by atoms with van der Waals surface area (Å²) in [6, 6.07) is 70.3. The van der Waals surface area contributed by atoms with Crippen molar-refractivity contribution in [2.45, 2.75) is 0 Å². The highest BCUT2D eigenvalue weighted by molar-refractivity contribution is 7.26. The van der Waals surface area contributed by atoms with E-state index in [9.17, 15) is 0 Å². The van der Waals surface area contributed by atoms with Crippen LogP contribution in [0.2, 0.25) is 0 Å². The van der Waals surface area contributed by atoms with Gasteiger partial charge in [-0.3, -0.25) is 0 Å². The number of oxazole rings is 1. The molecule has 0 amide bonds. The van der Waals surface area contributed by atoms with E-state index in [1.807, 2.05) is 53.8 Å². The van der Waals surface area contributed by atoms with E-state index >= 15 is 0 Å². The molecule has 12 aromatic rings. The van der Waals surface area contributed by atoms with Gasteiger partial charge >= 0.3 is 0 Å². The molecule has 0 fully saturated rings. The maximum atomic E-state index is 6.84. The summed E-state index contributed by atoms with van der Waals surface area (Å²) in [5, 5.41) is 6.64. The molecule has 0 unspecified atom stereocenters. The predicted molar refractivity (Wildman–Crippen MR) is 246 cm³/mol. The molecule has 0 radical (unpaired) electrons. The topological polar surface area (TPSA) is 45.7 Å². The van der Waals surface area contributed by atoms with Crippen molar-refractivity contribution < 1.29 is 8.83 Å². The zero-order valence-electron chi connectivity index (χ0n) is 31.6. The van der Waals surface area contributed by atoms with Crippen molar-refractivity contribution in [3.63, 3.8) is 0 Å². The Bertz CT molecular complexity index is 3520. The maximum absolute atomic E-state index is 6.84. The molecule has 3 aromatic heterocycles. The molecular formula is C53H33N3O2S. The Balaban J connectivity index is 1.18. The molecule has 59 heavy (non-hydrogen) atoms. The van der Waals surface area contributed by atoms with Crippen LogP contribution < -0.4 is 9.80 Å². The number of furan rings is 1. The Morgan fingerprint density at radius 2 is 1.08 bits per heavy atom. The second-order valence-corrected chi connectivity index (χ2v) is 15.8. The molecule has 12 rings (SSSR count). The number of thiophene rings is 1. The van der Waals surface area contributed by atoms with Gasteiger partial charge in [0.15, 0.2) is 5.58 Å². The normalized spacial score (nSPS) is 11.7. The Hall–Kier alpha value is -7.67. The minimum atomic E-state index is 0.586. The van der Waals surface area contributed by atoms with E-state index in [0.717, 1.165) is 83.5 Å². The number of hydrogen-bond acceptors (Lipinski definition) is 6. The minimum absolute atomic E-state index is 0.586. The van der Waals surface area contributed by atoms with Crippen molar-refractivity contribution in [1.29, 1.82) is 0 Å². The number of anilines is 6. The molecule has 0 bridgehead atoms. The highest BCUT2D eigenvalue weighted by Gasteiger charge is 2.25. The minimum Gasteiger partial charge on any atom is -0.456 e. The summed E-state index contributed by atoms with van der Waals surface area (Å²) < 4.78 is 15.7. The summed E-state index contributed by atoms with van der Waals surface area (Å²) in [5.41, 5.74) is 10.3. The lowest BCUT2D eigenvalue weighted by atomic mass is 10.0. The predicted octanol–water partition coefficient (Wildman–Crippen LogP) is 15.9. The zero-order chi connectivity index (χ0) is 38.9. The van der Waals surface area contributed by atoms with Gasteiger partial charge in [-0.1, -0.05) is 109 Å². The van der Waals surface area contributed by atoms with Gasteiger partial charge in [0.05, 0.1) is 21.5 Å². The Morgan fingerprint density at radius 1 is 0.424 bits per heavy atom. The van der Waals surface area contributed by atoms with Crippen molar-refractivity contribution >= 4 is 109 Å². The van der Waals surface area contributed by atoms with Gasteiger partial charge in [-0.2, -0.15) is 0 Å². The highest BCUT2D eigenvalue weighted by Crippen LogP contribution is 2.50. The molecule has 0 spiro atoms. The van der Waals surface area contributed by atoms with Crippen LogP contribution in [0, 0.1) is 0 Å². The first-order chi connectivity index (χ1) is 29.2. The average molecular weight is 776 g/mol. The van der Waals surface area contributed by atoms with Crippen LogP contribution in [0.3, 0.4) is 0 Å². The lowest BCUT2D eigenvalue weighted by molar-refractivity contribution is 0.623. The van der Waals surface area contributed by atoms with E-state index in [2.05, 4.69) is 168 Å². The van der Waals surface area contributed by atoms with Gasteiger partial charge in [0.2, 0.25) is 5.89 Å². The first-order valence-electron chi connectivity index (χ1n) is 19.7. The quantitative estimate of drug-likeness (QED) is 0.161. The second-order valence-electron chi connectivity index (χ2n) is 14.7. The van der Waals surface area contributed by atoms with Gasteiger partial charge in [-0.25, -0.2) is 4.98 Å². The Labute approximate surface area is 343 Å². The number of para-hydroxylation sites is 3. The third-order valence-corrected chi connectivity index (χ3v) is 12.4. The van der Waals surface area contributed by atoms with Gasteiger partial charge in [0.25, 0.3) is 0 Å². The standard InChI is InChI=1S/C53H33N3O2S/c1-4-15-34(16-5-1)53-54-44-29-27-35-31-39(56(37-19-8-3-9-20-37)45-24-14-23-42-41-22-11-13-26-49(41)59-52(42)45)33-46(50(35)51(44)58-53)55(36-17-6-2-7-18-36)38-28-30-48-43(32-38)40-21-10-12-25-47(40)57-48/h1-33H. The van der Waals surface area contributed by atoms with Crippen LogP contribution in [-0.4, -0.2) is 4.98 Å². The number of benzene rings is 9. The van der Waals surface area contributed by atoms with Crippen molar-refractivity contribution in [2.24, 2.45) is 0 Å². The van der Waals surface area contributed by atoms with Crippen molar-refractivity contribution in [3.8, 4) is 11.5 Å². The molecular weight excluding hydrogens is 743 g/mol. The van der Waals surface area contributed by atoms with Gasteiger partial charge in [-0.15, -0.1) is 11.3 Å². The number of fused-ring (bicyclic) bond motifs is 9. The molecule has 0 atom stereocenters. The summed E-state index contributed by atoms with van der Waals surface area (Å²) >= 11 is 1.83. The molecule has 6 heteroatoms. The van der Waals surface area contributed by atoms with Crippen LogP contribution >= 0.6 is 11.3 Å². The lowest BCUT2D eigenvalue weighted by Gasteiger charge is -2.31. The molecule has 0 aliphatic rings. The van der Waals surface area contributed by atoms with Crippen LogP contribution in [0.25, 0.3) is 75.4 Å². The number of nitrogens with zero attached hydrogens (tertiary/aromatic N) is 3. The summed E-state index contributed by atoms with van der Waals surface area (Å²) in [6.45, 7) is 0. The first-order valence-corrected chi connectivity index (χ1v) is 20.5. The van der Waals surface area contributed by atoms with Crippen LogP contribution in [-0.2, 0) is 0 Å². The molecule has 0 aliphatic heterocycles. The smallest absolute Gasteiger partial charge is 0.227 e. The Kier molecular flexibility index (Phi) is 7.64. The SMILES string of the molecule is c1ccc(-c2nc3ccc4cc(N(c5ccccc5)c5cccc6c5sc5ccccc56)cc(N(c5ccccc5)c5ccc6oc7ccccc7c6c5)c4c3o2)cc1. The van der Waals surface area contributed by atoms with Crippen LogP contribution in [0.4, 0.5) is 34.1 Å². The third-order valence-electron chi connectivity index (χ3n) is 11.2. The van der Waals surface area contributed by atoms with Gasteiger partial charge < -0.3 is 18.6 Å². The molecule has 0 saturated heterocycles. The van der Waals surface area contributed by atoms with E-state index in [4.69, 9.17) is 13.8 Å². The molecule has 0 N–H and O–H groups in total. The highest BCUT2D eigenvalue weighted by atomic mass is 32.1. The third kappa shape index (κ3) is 5.49. The summed E-state index contributed by atoms with van der Waals surface area (Å²) in [4.78, 5) is 9.80. The van der Waals surface area contributed by atoms with Gasteiger partial charge in [0, 0.05) is 54.6 Å². The van der Waals surface area contributed by atoms with E-state index in [0.29, 0.717) is 5.89 Å². The molecule has 0 aliphatic carbocycles.